The van der Waals surface area contributed by atoms with Crippen molar-refractivity contribution in [2.24, 2.45) is 0 Å². The molecular formula is C15H13N3O. The van der Waals surface area contributed by atoms with Crippen LogP contribution < -0.4 is 21.4 Å². The number of aromatic nitrogens is 2. The maximum absolute atomic E-state index is 11.5. The van der Waals surface area contributed by atoms with E-state index in [-0.39, 0.29) is 5.56 Å². The van der Waals surface area contributed by atoms with Gasteiger partial charge >= 0.3 is 0 Å². The normalized spacial score (nSPS) is 11.9. The lowest BCUT2D eigenvalue weighted by Gasteiger charge is -2.05. The summed E-state index contributed by atoms with van der Waals surface area (Å²) in [6, 6.07) is 14.1. The molecule has 3 rings (SSSR count). The highest BCUT2D eigenvalue weighted by Crippen LogP contribution is 2.22. The minimum absolute atomic E-state index is 0.183. The summed E-state index contributed by atoms with van der Waals surface area (Å²) in [5.41, 5.74) is 0.774. The predicted octanol–water partition coefficient (Wildman–Crippen LogP) is 1.12. The highest BCUT2D eigenvalue weighted by Gasteiger charge is 1.98. The van der Waals surface area contributed by atoms with E-state index < -0.39 is 0 Å². The van der Waals surface area contributed by atoms with Crippen LogP contribution in [0.4, 0.5) is 5.69 Å². The minimum Gasteiger partial charge on any atom is -0.360 e. The monoisotopic (exact) mass is 251 g/mol. The van der Waals surface area contributed by atoms with Crippen LogP contribution in [-0.2, 0) is 0 Å². The number of anilines is 1. The fourth-order valence-corrected chi connectivity index (χ4v) is 2.06. The van der Waals surface area contributed by atoms with Gasteiger partial charge in [-0.1, -0.05) is 43.0 Å². The second kappa shape index (κ2) is 4.49. The van der Waals surface area contributed by atoms with Gasteiger partial charge in [-0.05, 0) is 11.5 Å². The Balaban J connectivity index is 2.11. The quantitative estimate of drug-likeness (QED) is 0.639. The van der Waals surface area contributed by atoms with E-state index >= 15 is 0 Å². The van der Waals surface area contributed by atoms with E-state index in [4.69, 9.17) is 0 Å². The molecule has 0 aliphatic rings. The van der Waals surface area contributed by atoms with Gasteiger partial charge in [0.2, 0.25) is 0 Å². The van der Waals surface area contributed by atoms with Crippen LogP contribution in [0.3, 0.4) is 0 Å². The first-order valence-electron chi connectivity index (χ1n) is 5.96. The molecule has 0 amide bonds. The molecule has 0 bridgehead atoms. The zero-order valence-electron chi connectivity index (χ0n) is 10.2. The highest BCUT2D eigenvalue weighted by molar-refractivity contribution is 5.94. The molecule has 2 aromatic carbocycles. The van der Waals surface area contributed by atoms with Crippen LogP contribution in [0.2, 0.25) is 0 Å². The van der Waals surface area contributed by atoms with Gasteiger partial charge in [0.25, 0.3) is 5.56 Å². The Morgan fingerprint density at radius 1 is 1.05 bits per heavy atom. The summed E-state index contributed by atoms with van der Waals surface area (Å²) in [5.74, 6) is 0. The summed E-state index contributed by atoms with van der Waals surface area (Å²) in [6.45, 7) is 3.76. The fourth-order valence-electron chi connectivity index (χ4n) is 2.06. The van der Waals surface area contributed by atoms with Gasteiger partial charge in [0.1, 0.15) is 0 Å². The lowest BCUT2D eigenvalue weighted by Crippen LogP contribution is -2.33. The van der Waals surface area contributed by atoms with Crippen LogP contribution in [-0.4, -0.2) is 10.2 Å². The van der Waals surface area contributed by atoms with Crippen LogP contribution in [0.25, 0.3) is 23.6 Å². The van der Waals surface area contributed by atoms with E-state index in [1.165, 1.54) is 0 Å². The number of benzene rings is 2. The minimum atomic E-state index is -0.183. The standard InChI is InChI=1S/C15H13N3O/c1-10-13(15(19)18-17-10)9-16-14-8-4-6-11-5-2-3-7-12(11)14/h2-9,16-17H,1H2,(H,18,19)/b13-9-. The zero-order chi connectivity index (χ0) is 13.2. The predicted molar refractivity (Wildman–Crippen MR) is 78.2 cm³/mol. The van der Waals surface area contributed by atoms with Gasteiger partial charge in [-0.3, -0.25) is 15.0 Å². The molecule has 0 unspecified atom stereocenters. The number of hydrogen-bond acceptors (Lipinski definition) is 2. The average molecular weight is 251 g/mol. The van der Waals surface area contributed by atoms with E-state index in [1.807, 2.05) is 30.3 Å². The van der Waals surface area contributed by atoms with Crippen LogP contribution in [0.1, 0.15) is 0 Å². The summed E-state index contributed by atoms with van der Waals surface area (Å²) in [6.07, 6.45) is 1.67. The number of hydrogen-bond donors (Lipinski definition) is 3. The summed E-state index contributed by atoms with van der Waals surface area (Å²) >= 11 is 0. The maximum atomic E-state index is 11.5. The number of aromatic amines is 2. The molecule has 0 aliphatic heterocycles. The Morgan fingerprint density at radius 3 is 2.63 bits per heavy atom. The molecule has 0 aliphatic carbocycles. The lowest BCUT2D eigenvalue weighted by molar-refractivity contribution is 1.04. The molecule has 0 atom stereocenters. The molecule has 3 N–H and O–H groups in total. The van der Waals surface area contributed by atoms with Gasteiger partial charge < -0.3 is 5.32 Å². The largest absolute Gasteiger partial charge is 0.360 e. The molecule has 0 saturated heterocycles. The highest BCUT2D eigenvalue weighted by atomic mass is 16.1. The van der Waals surface area contributed by atoms with Gasteiger partial charge in [0.05, 0.1) is 10.6 Å². The molecule has 4 nitrogen and oxygen atoms in total. The Morgan fingerprint density at radius 2 is 1.84 bits per heavy atom. The molecule has 0 radical (unpaired) electrons. The number of rotatable bonds is 2. The first kappa shape index (κ1) is 11.3. The van der Waals surface area contributed by atoms with E-state index in [9.17, 15) is 4.79 Å². The van der Waals surface area contributed by atoms with Crippen LogP contribution >= 0.6 is 0 Å². The third kappa shape index (κ3) is 2.04. The van der Waals surface area contributed by atoms with Gasteiger partial charge in [-0.25, -0.2) is 0 Å². The second-order valence-electron chi connectivity index (χ2n) is 4.29. The molecule has 0 fully saturated rings. The Kier molecular flexibility index (Phi) is 2.68. The van der Waals surface area contributed by atoms with E-state index in [0.29, 0.717) is 10.6 Å². The Bertz CT molecular complexity index is 854. The van der Waals surface area contributed by atoms with Crippen molar-refractivity contribution >= 4 is 29.2 Å². The molecule has 4 heteroatoms. The van der Waals surface area contributed by atoms with E-state index in [0.717, 1.165) is 16.5 Å². The summed E-state index contributed by atoms with van der Waals surface area (Å²) in [5, 5.41) is 11.7. The third-order valence-corrected chi connectivity index (χ3v) is 3.06. The molecule has 19 heavy (non-hydrogen) atoms. The smallest absolute Gasteiger partial charge is 0.273 e. The summed E-state index contributed by atoms with van der Waals surface area (Å²) < 4.78 is 0. The van der Waals surface area contributed by atoms with Crippen LogP contribution in [0, 0.1) is 0 Å². The van der Waals surface area contributed by atoms with Gasteiger partial charge in [0, 0.05) is 17.3 Å². The Labute approximate surface area is 109 Å². The molecule has 0 spiro atoms. The molecule has 94 valence electrons. The van der Waals surface area contributed by atoms with Gasteiger partial charge in [-0.2, -0.15) is 0 Å². The first-order chi connectivity index (χ1) is 9.25. The van der Waals surface area contributed by atoms with Crippen molar-refractivity contribution in [2.75, 3.05) is 5.32 Å². The zero-order valence-corrected chi connectivity index (χ0v) is 10.2. The van der Waals surface area contributed by atoms with Crippen LogP contribution in [0.15, 0.2) is 47.3 Å². The first-order valence-corrected chi connectivity index (χ1v) is 5.96. The topological polar surface area (TPSA) is 60.7 Å². The van der Waals surface area contributed by atoms with Crippen molar-refractivity contribution in [3.63, 3.8) is 0 Å². The molecular weight excluding hydrogens is 238 g/mol. The average Bonchev–Trinajstić information content (AvgIpc) is 2.76. The van der Waals surface area contributed by atoms with Crippen molar-refractivity contribution in [1.29, 1.82) is 0 Å². The van der Waals surface area contributed by atoms with Gasteiger partial charge in [-0.15, -0.1) is 0 Å². The summed E-state index contributed by atoms with van der Waals surface area (Å²) in [4.78, 5) is 11.5. The van der Waals surface area contributed by atoms with Crippen molar-refractivity contribution in [1.82, 2.24) is 10.2 Å². The molecule has 1 aromatic heterocycles. The Hall–Kier alpha value is -2.75. The van der Waals surface area contributed by atoms with Crippen molar-refractivity contribution in [2.45, 2.75) is 0 Å². The number of nitrogens with one attached hydrogen (secondary N) is 3. The van der Waals surface area contributed by atoms with E-state index in [2.05, 4.69) is 34.2 Å². The molecule has 0 saturated carbocycles. The molecule has 3 aromatic rings. The van der Waals surface area contributed by atoms with Crippen molar-refractivity contribution in [3.05, 3.63) is 63.4 Å². The van der Waals surface area contributed by atoms with Crippen molar-refractivity contribution < 1.29 is 0 Å². The van der Waals surface area contributed by atoms with Gasteiger partial charge in [0.15, 0.2) is 0 Å². The third-order valence-electron chi connectivity index (χ3n) is 3.06. The SMILES string of the molecule is C=c1[nH][nH]c(=O)/c1=C\Nc1cccc2ccccc12. The molecule has 1 heterocycles. The van der Waals surface area contributed by atoms with Crippen molar-refractivity contribution in [3.8, 4) is 0 Å². The second-order valence-corrected chi connectivity index (χ2v) is 4.29. The maximum Gasteiger partial charge on any atom is 0.273 e. The van der Waals surface area contributed by atoms with Crippen LogP contribution in [0.5, 0.6) is 0 Å². The fraction of sp³-hybridized carbons (Fsp3) is 0. The number of fused-ring (bicyclic) bond motifs is 1. The number of H-pyrrole nitrogens is 2. The summed E-state index contributed by atoms with van der Waals surface area (Å²) in [7, 11) is 0. The van der Waals surface area contributed by atoms with E-state index in [1.54, 1.807) is 6.20 Å². The lowest BCUT2D eigenvalue weighted by atomic mass is 10.1.